The number of rotatable bonds is 5. The summed E-state index contributed by atoms with van der Waals surface area (Å²) in [5.41, 5.74) is 2.34. The number of hydrogen-bond acceptors (Lipinski definition) is 2. The van der Waals surface area contributed by atoms with Gasteiger partial charge in [-0.25, -0.2) is 4.39 Å². The topological polar surface area (TPSA) is 58.2 Å². The molecule has 3 aromatic carbocycles. The number of para-hydroxylation sites is 1. The average Bonchev–Trinajstić information content (AvgIpc) is 3.35. The maximum absolute atomic E-state index is 13.5. The molecule has 0 radical (unpaired) electrons. The zero-order chi connectivity index (χ0) is 23.9. The van der Waals surface area contributed by atoms with E-state index in [2.05, 4.69) is 10.6 Å². The molecule has 1 saturated carbocycles. The van der Waals surface area contributed by atoms with E-state index in [1.54, 1.807) is 37.3 Å². The van der Waals surface area contributed by atoms with Crippen molar-refractivity contribution in [1.82, 2.24) is 0 Å². The summed E-state index contributed by atoms with van der Waals surface area (Å²) in [6, 6.07) is 16.2. The lowest BCUT2D eigenvalue weighted by Gasteiger charge is -2.12. The Balaban J connectivity index is 1.54. The van der Waals surface area contributed by atoms with Crippen molar-refractivity contribution in [3.05, 3.63) is 93.2 Å². The molecule has 3 aromatic rings. The highest BCUT2D eigenvalue weighted by atomic mass is 35.5. The third-order valence-corrected chi connectivity index (χ3v) is 7.17. The summed E-state index contributed by atoms with van der Waals surface area (Å²) in [6.07, 6.45) is 0. The van der Waals surface area contributed by atoms with E-state index in [4.69, 9.17) is 46.4 Å². The fraction of sp³-hybridized carbons (Fsp3) is 0.167. The summed E-state index contributed by atoms with van der Waals surface area (Å²) in [7, 11) is 0. The van der Waals surface area contributed by atoms with Gasteiger partial charge < -0.3 is 10.6 Å². The van der Waals surface area contributed by atoms with E-state index in [1.807, 2.05) is 6.07 Å². The summed E-state index contributed by atoms with van der Waals surface area (Å²) < 4.78 is 12.1. The van der Waals surface area contributed by atoms with Crippen molar-refractivity contribution in [1.29, 1.82) is 0 Å². The fourth-order valence-electron chi connectivity index (χ4n) is 3.72. The first-order valence-electron chi connectivity index (χ1n) is 9.89. The van der Waals surface area contributed by atoms with E-state index in [0.29, 0.717) is 22.5 Å². The molecule has 9 heteroatoms. The second-order valence-corrected chi connectivity index (χ2v) is 10.00. The highest BCUT2D eigenvalue weighted by molar-refractivity contribution is 6.53. The lowest BCUT2D eigenvalue weighted by molar-refractivity contribution is -0.117. The Bertz CT molecular complexity index is 1250. The van der Waals surface area contributed by atoms with Gasteiger partial charge >= 0.3 is 0 Å². The van der Waals surface area contributed by atoms with Crippen LogP contribution in [0.5, 0.6) is 0 Å². The number of nitrogens with one attached hydrogen (secondary N) is 2. The molecule has 0 aliphatic heterocycles. The molecule has 33 heavy (non-hydrogen) atoms. The summed E-state index contributed by atoms with van der Waals surface area (Å²) in [5, 5.41) is 5.73. The summed E-state index contributed by atoms with van der Waals surface area (Å²) in [6.45, 7) is 1.73. The van der Waals surface area contributed by atoms with Crippen LogP contribution in [-0.2, 0) is 4.79 Å². The first-order valence-corrected chi connectivity index (χ1v) is 11.4. The molecule has 1 fully saturated rings. The molecule has 0 spiro atoms. The number of carbonyl (C=O) groups excluding carboxylic acids is 2. The van der Waals surface area contributed by atoms with Crippen LogP contribution in [0.1, 0.15) is 27.4 Å². The standard InChI is InChI=1S/C24H17Cl4FN2O2/c1-12-9-15(11-16(21(12)26)22(32)30-14-5-3-2-4-6-14)31-23(33)20-19(24(20,27)28)13-7-8-18(29)17(25)10-13/h2-11,19-20H,1H3,(H,30,32)(H,31,33). The van der Waals surface area contributed by atoms with Crippen molar-refractivity contribution >= 4 is 69.6 Å². The predicted octanol–water partition coefficient (Wildman–Crippen LogP) is 7.22. The first kappa shape index (κ1) is 23.8. The van der Waals surface area contributed by atoms with Crippen molar-refractivity contribution in [2.24, 2.45) is 5.92 Å². The normalized spacial score (nSPS) is 18.5. The van der Waals surface area contributed by atoms with Crippen LogP contribution in [0.4, 0.5) is 15.8 Å². The van der Waals surface area contributed by atoms with Gasteiger partial charge in [0.05, 0.1) is 21.5 Å². The molecular weight excluding hydrogens is 509 g/mol. The van der Waals surface area contributed by atoms with Crippen molar-refractivity contribution in [2.75, 3.05) is 10.6 Å². The number of aryl methyl sites for hydroxylation is 1. The second kappa shape index (κ2) is 9.15. The van der Waals surface area contributed by atoms with E-state index in [1.165, 1.54) is 24.3 Å². The molecule has 4 nitrogen and oxygen atoms in total. The van der Waals surface area contributed by atoms with Gasteiger partial charge in [-0.2, -0.15) is 0 Å². The van der Waals surface area contributed by atoms with Crippen molar-refractivity contribution in [3.8, 4) is 0 Å². The largest absolute Gasteiger partial charge is 0.326 e. The monoisotopic (exact) mass is 524 g/mol. The highest BCUT2D eigenvalue weighted by Crippen LogP contribution is 2.65. The van der Waals surface area contributed by atoms with Crippen LogP contribution in [0, 0.1) is 18.7 Å². The maximum Gasteiger partial charge on any atom is 0.257 e. The van der Waals surface area contributed by atoms with E-state index < -0.39 is 33.8 Å². The maximum atomic E-state index is 13.5. The number of hydrogen-bond donors (Lipinski definition) is 2. The SMILES string of the molecule is Cc1cc(NC(=O)C2C(c3ccc(F)c(Cl)c3)C2(Cl)Cl)cc(C(=O)Nc2ccccc2)c1Cl. The Morgan fingerprint density at radius 2 is 1.64 bits per heavy atom. The molecule has 0 saturated heterocycles. The van der Waals surface area contributed by atoms with Gasteiger partial charge in [-0.3, -0.25) is 9.59 Å². The van der Waals surface area contributed by atoms with Crippen LogP contribution in [0.25, 0.3) is 0 Å². The van der Waals surface area contributed by atoms with Gasteiger partial charge in [0.15, 0.2) is 0 Å². The number of halogens is 5. The summed E-state index contributed by atoms with van der Waals surface area (Å²) in [5.74, 6) is -2.79. The van der Waals surface area contributed by atoms with Crippen LogP contribution < -0.4 is 10.6 Å². The molecular formula is C24H17Cl4FN2O2. The van der Waals surface area contributed by atoms with E-state index in [9.17, 15) is 14.0 Å². The van der Waals surface area contributed by atoms with Crippen LogP contribution in [0.3, 0.4) is 0 Å². The number of amides is 2. The number of anilines is 2. The number of alkyl halides is 2. The lowest BCUT2D eigenvalue weighted by atomic mass is 10.1. The van der Waals surface area contributed by atoms with E-state index >= 15 is 0 Å². The molecule has 2 amide bonds. The van der Waals surface area contributed by atoms with E-state index in [-0.39, 0.29) is 15.6 Å². The molecule has 2 N–H and O–H groups in total. The third-order valence-electron chi connectivity index (χ3n) is 5.44. The molecule has 2 unspecified atom stereocenters. The van der Waals surface area contributed by atoms with Crippen LogP contribution >= 0.6 is 46.4 Å². The van der Waals surface area contributed by atoms with Crippen LogP contribution in [0.2, 0.25) is 10.0 Å². The van der Waals surface area contributed by atoms with Gasteiger partial charge in [0.2, 0.25) is 5.91 Å². The Labute approximate surface area is 210 Å². The zero-order valence-electron chi connectivity index (χ0n) is 17.1. The summed E-state index contributed by atoms with van der Waals surface area (Å²) >= 11 is 25.0. The van der Waals surface area contributed by atoms with Crippen molar-refractivity contribution in [2.45, 2.75) is 17.2 Å². The first-order chi connectivity index (χ1) is 15.6. The number of benzene rings is 3. The molecule has 1 aliphatic rings. The van der Waals surface area contributed by atoms with Gasteiger partial charge in [0, 0.05) is 17.3 Å². The number of carbonyl (C=O) groups is 2. The Hall–Kier alpha value is -2.31. The predicted molar refractivity (Wildman–Crippen MR) is 131 cm³/mol. The molecule has 0 aromatic heterocycles. The molecule has 4 rings (SSSR count). The lowest BCUT2D eigenvalue weighted by Crippen LogP contribution is -2.18. The average molecular weight is 526 g/mol. The van der Waals surface area contributed by atoms with Crippen LogP contribution in [0.15, 0.2) is 60.7 Å². The van der Waals surface area contributed by atoms with Crippen molar-refractivity contribution in [3.63, 3.8) is 0 Å². The third kappa shape index (κ3) is 4.82. The fourth-order valence-corrected chi connectivity index (χ4v) is 4.93. The zero-order valence-corrected chi connectivity index (χ0v) is 20.2. The van der Waals surface area contributed by atoms with Gasteiger partial charge in [0.1, 0.15) is 10.2 Å². The molecule has 0 heterocycles. The minimum Gasteiger partial charge on any atom is -0.326 e. The Morgan fingerprint density at radius 3 is 2.30 bits per heavy atom. The minimum atomic E-state index is -1.37. The smallest absolute Gasteiger partial charge is 0.257 e. The summed E-state index contributed by atoms with van der Waals surface area (Å²) in [4.78, 5) is 25.8. The Kier molecular flexibility index (Phi) is 6.61. The highest BCUT2D eigenvalue weighted by Gasteiger charge is 2.67. The van der Waals surface area contributed by atoms with Crippen LogP contribution in [-0.4, -0.2) is 16.1 Å². The second-order valence-electron chi connectivity index (χ2n) is 7.77. The van der Waals surface area contributed by atoms with Gasteiger partial charge in [-0.1, -0.05) is 47.5 Å². The minimum absolute atomic E-state index is 0.0786. The Morgan fingerprint density at radius 1 is 0.939 bits per heavy atom. The van der Waals surface area contributed by atoms with Gasteiger partial charge in [-0.05, 0) is 54.4 Å². The van der Waals surface area contributed by atoms with Crippen molar-refractivity contribution < 1.29 is 14.0 Å². The molecule has 0 bridgehead atoms. The molecule has 2 atom stereocenters. The van der Waals surface area contributed by atoms with E-state index in [0.717, 1.165) is 0 Å². The van der Waals surface area contributed by atoms with Gasteiger partial charge in [0.25, 0.3) is 5.91 Å². The van der Waals surface area contributed by atoms with Gasteiger partial charge in [-0.15, -0.1) is 23.2 Å². The molecule has 1 aliphatic carbocycles. The molecule has 170 valence electrons. The quantitative estimate of drug-likeness (QED) is 0.345.